The van der Waals surface area contributed by atoms with E-state index in [1.54, 1.807) is 0 Å². The molecule has 28 heavy (non-hydrogen) atoms. The van der Waals surface area contributed by atoms with Crippen molar-refractivity contribution in [3.05, 3.63) is 71.4 Å². The molecule has 3 rings (SSSR count). The Balaban J connectivity index is 1.69. The fourth-order valence-electron chi connectivity index (χ4n) is 3.47. The second-order valence-corrected chi connectivity index (χ2v) is 7.40. The molecule has 0 aliphatic carbocycles. The number of unbranched alkanes of at least 4 members (excludes halogenated alkanes) is 4. The van der Waals surface area contributed by atoms with Crippen LogP contribution in [0.25, 0.3) is 10.9 Å². The van der Waals surface area contributed by atoms with Crippen molar-refractivity contribution in [1.82, 2.24) is 10.3 Å². The van der Waals surface area contributed by atoms with Gasteiger partial charge in [0, 0.05) is 17.5 Å². The van der Waals surface area contributed by atoms with Gasteiger partial charge in [-0.15, -0.1) is 0 Å². The van der Waals surface area contributed by atoms with Crippen molar-refractivity contribution in [2.75, 3.05) is 6.54 Å². The van der Waals surface area contributed by atoms with Gasteiger partial charge in [0.15, 0.2) is 0 Å². The molecule has 3 aromatic rings. The highest BCUT2D eigenvalue weighted by Crippen LogP contribution is 2.31. The topological polar surface area (TPSA) is 34.2 Å². The highest BCUT2D eigenvalue weighted by molar-refractivity contribution is 5.86. The molecule has 0 spiro atoms. The summed E-state index contributed by atoms with van der Waals surface area (Å²) in [4.78, 5) is 4.90. The van der Waals surface area contributed by atoms with Crippen molar-refractivity contribution < 1.29 is 4.74 Å². The first-order chi connectivity index (χ1) is 13.8. The van der Waals surface area contributed by atoms with Crippen LogP contribution < -0.4 is 10.1 Å². The molecular formula is C25H32N2O. The van der Waals surface area contributed by atoms with Gasteiger partial charge >= 0.3 is 0 Å². The monoisotopic (exact) mass is 376 g/mol. The summed E-state index contributed by atoms with van der Waals surface area (Å²) < 4.78 is 6.28. The summed E-state index contributed by atoms with van der Waals surface area (Å²) >= 11 is 0. The molecule has 1 N–H and O–H groups in total. The number of fused-ring (bicyclic) bond motifs is 1. The van der Waals surface area contributed by atoms with Crippen LogP contribution in [0, 0.1) is 6.92 Å². The molecular weight excluding hydrogens is 344 g/mol. The van der Waals surface area contributed by atoms with E-state index in [4.69, 9.17) is 9.72 Å². The molecule has 0 aliphatic rings. The van der Waals surface area contributed by atoms with Gasteiger partial charge in [0.1, 0.15) is 12.4 Å². The van der Waals surface area contributed by atoms with E-state index in [0.717, 1.165) is 41.0 Å². The molecule has 148 valence electrons. The number of para-hydroxylation sites is 1. The van der Waals surface area contributed by atoms with Crippen LogP contribution in [0.3, 0.4) is 0 Å². The summed E-state index contributed by atoms with van der Waals surface area (Å²) in [6, 6.07) is 18.6. The molecule has 0 amide bonds. The fourth-order valence-corrected chi connectivity index (χ4v) is 3.47. The number of rotatable bonds is 11. The average molecular weight is 377 g/mol. The summed E-state index contributed by atoms with van der Waals surface area (Å²) in [7, 11) is 0. The Kier molecular flexibility index (Phi) is 7.86. The van der Waals surface area contributed by atoms with Crippen LogP contribution in [-0.4, -0.2) is 11.5 Å². The number of nitrogens with zero attached hydrogens (tertiary/aromatic N) is 1. The number of nitrogens with one attached hydrogen (secondary N) is 1. The van der Waals surface area contributed by atoms with Crippen LogP contribution in [0.15, 0.2) is 54.6 Å². The third-order valence-corrected chi connectivity index (χ3v) is 5.15. The van der Waals surface area contributed by atoms with Gasteiger partial charge in [-0.1, -0.05) is 75.1 Å². The Morgan fingerprint density at radius 1 is 0.893 bits per heavy atom. The Morgan fingerprint density at radius 3 is 2.46 bits per heavy atom. The highest BCUT2D eigenvalue weighted by atomic mass is 16.5. The third kappa shape index (κ3) is 5.56. The van der Waals surface area contributed by atoms with Crippen LogP contribution >= 0.6 is 0 Å². The zero-order valence-electron chi connectivity index (χ0n) is 17.2. The molecule has 0 aliphatic heterocycles. The van der Waals surface area contributed by atoms with Gasteiger partial charge < -0.3 is 10.1 Å². The van der Waals surface area contributed by atoms with Crippen molar-refractivity contribution in [3.63, 3.8) is 0 Å². The summed E-state index contributed by atoms with van der Waals surface area (Å²) in [5, 5.41) is 4.65. The van der Waals surface area contributed by atoms with Crippen LogP contribution in [0.5, 0.6) is 5.75 Å². The maximum atomic E-state index is 6.28. The molecule has 2 aromatic carbocycles. The summed E-state index contributed by atoms with van der Waals surface area (Å²) in [5.41, 5.74) is 4.38. The second-order valence-electron chi connectivity index (χ2n) is 7.40. The van der Waals surface area contributed by atoms with Crippen LogP contribution in [-0.2, 0) is 13.2 Å². The van der Waals surface area contributed by atoms with Crippen LogP contribution in [0.1, 0.15) is 55.8 Å². The standard InChI is InChI=1S/C25H32N2O/c1-3-4-5-6-12-17-26-18-24-20(2)25(22-15-10-11-16-23(22)27-24)28-19-21-13-8-7-9-14-21/h7-11,13-16,26H,3-6,12,17-19H2,1-2H3. The van der Waals surface area contributed by atoms with Gasteiger partial charge in [-0.2, -0.15) is 0 Å². The first kappa shape index (κ1) is 20.3. The largest absolute Gasteiger partial charge is 0.488 e. The van der Waals surface area contributed by atoms with Crippen molar-refractivity contribution >= 4 is 10.9 Å². The first-order valence-corrected chi connectivity index (χ1v) is 10.5. The molecule has 3 heteroatoms. The van der Waals surface area contributed by atoms with Crippen molar-refractivity contribution in [1.29, 1.82) is 0 Å². The first-order valence-electron chi connectivity index (χ1n) is 10.5. The molecule has 0 bridgehead atoms. The van der Waals surface area contributed by atoms with Crippen LogP contribution in [0.4, 0.5) is 0 Å². The lowest BCUT2D eigenvalue weighted by molar-refractivity contribution is 0.307. The summed E-state index contributed by atoms with van der Waals surface area (Å²) in [5.74, 6) is 0.953. The molecule has 0 unspecified atom stereocenters. The number of pyridine rings is 1. The van der Waals surface area contributed by atoms with E-state index in [9.17, 15) is 0 Å². The zero-order chi connectivity index (χ0) is 19.6. The number of ether oxygens (including phenoxy) is 1. The summed E-state index contributed by atoms with van der Waals surface area (Å²) in [6.45, 7) is 6.77. The van der Waals surface area contributed by atoms with Crippen molar-refractivity contribution in [3.8, 4) is 5.75 Å². The lowest BCUT2D eigenvalue weighted by atomic mass is 10.1. The summed E-state index contributed by atoms with van der Waals surface area (Å²) in [6.07, 6.45) is 6.50. The Labute approximate surface area is 169 Å². The Bertz CT molecular complexity index is 861. The Morgan fingerprint density at radius 2 is 1.64 bits per heavy atom. The van der Waals surface area contributed by atoms with Gasteiger partial charge in [0.05, 0.1) is 11.2 Å². The fraction of sp³-hybridized carbons (Fsp3) is 0.400. The van der Waals surface area contributed by atoms with E-state index in [1.165, 1.54) is 37.7 Å². The molecule has 0 saturated heterocycles. The predicted octanol–water partition coefficient (Wildman–Crippen LogP) is 6.18. The van der Waals surface area contributed by atoms with Gasteiger partial charge in [0.2, 0.25) is 0 Å². The van der Waals surface area contributed by atoms with Gasteiger partial charge in [-0.3, -0.25) is 4.98 Å². The quantitative estimate of drug-likeness (QED) is 0.406. The minimum absolute atomic E-state index is 0.569. The molecule has 0 saturated carbocycles. The molecule has 3 nitrogen and oxygen atoms in total. The number of aromatic nitrogens is 1. The van der Waals surface area contributed by atoms with E-state index in [0.29, 0.717) is 6.61 Å². The average Bonchev–Trinajstić information content (AvgIpc) is 2.73. The van der Waals surface area contributed by atoms with Gasteiger partial charge in [-0.05, 0) is 37.6 Å². The number of benzene rings is 2. The molecule has 1 aromatic heterocycles. The highest BCUT2D eigenvalue weighted by Gasteiger charge is 2.13. The maximum absolute atomic E-state index is 6.28. The van der Waals surface area contributed by atoms with Gasteiger partial charge in [-0.25, -0.2) is 0 Å². The maximum Gasteiger partial charge on any atom is 0.133 e. The lowest BCUT2D eigenvalue weighted by Gasteiger charge is -2.16. The zero-order valence-corrected chi connectivity index (χ0v) is 17.2. The number of hydrogen-bond acceptors (Lipinski definition) is 3. The molecule has 0 radical (unpaired) electrons. The molecule has 0 fully saturated rings. The van der Waals surface area contributed by atoms with E-state index >= 15 is 0 Å². The predicted molar refractivity (Wildman–Crippen MR) is 118 cm³/mol. The Hall–Kier alpha value is -2.39. The van der Waals surface area contributed by atoms with Crippen LogP contribution in [0.2, 0.25) is 0 Å². The van der Waals surface area contributed by atoms with E-state index in [1.807, 2.05) is 30.3 Å². The molecule has 1 heterocycles. The minimum atomic E-state index is 0.569. The normalized spacial score (nSPS) is 11.1. The molecule has 0 atom stereocenters. The minimum Gasteiger partial charge on any atom is -0.488 e. The van der Waals surface area contributed by atoms with Crippen molar-refractivity contribution in [2.24, 2.45) is 0 Å². The van der Waals surface area contributed by atoms with E-state index < -0.39 is 0 Å². The SMILES string of the molecule is CCCCCCCNCc1nc2ccccc2c(OCc2ccccc2)c1C. The van der Waals surface area contributed by atoms with E-state index in [-0.39, 0.29) is 0 Å². The third-order valence-electron chi connectivity index (χ3n) is 5.15. The number of hydrogen-bond donors (Lipinski definition) is 1. The smallest absolute Gasteiger partial charge is 0.133 e. The lowest BCUT2D eigenvalue weighted by Crippen LogP contribution is -2.17. The second kappa shape index (κ2) is 10.8. The van der Waals surface area contributed by atoms with Crippen molar-refractivity contribution in [2.45, 2.75) is 59.1 Å². The van der Waals surface area contributed by atoms with E-state index in [2.05, 4.69) is 43.4 Å². The van der Waals surface area contributed by atoms with Gasteiger partial charge in [0.25, 0.3) is 0 Å².